The van der Waals surface area contributed by atoms with Gasteiger partial charge in [0.2, 0.25) is 0 Å². The standard InChI is InChI=1S/C14H14FNO3/c15-12-6-4-5-11(7-8-13(17)18)14(12)19-10-3-1-2-9-16/h4-8H,1-3,10H2,(H,17,18)/b8-7+. The molecule has 0 saturated heterocycles. The molecule has 0 atom stereocenters. The molecule has 0 amide bonds. The maximum absolute atomic E-state index is 13.6. The van der Waals surface area contributed by atoms with Gasteiger partial charge in [0, 0.05) is 18.1 Å². The second kappa shape index (κ2) is 7.88. The van der Waals surface area contributed by atoms with E-state index in [0.717, 1.165) is 6.08 Å². The molecule has 0 aromatic heterocycles. The minimum atomic E-state index is -1.11. The molecule has 0 bridgehead atoms. The largest absolute Gasteiger partial charge is 0.490 e. The molecule has 1 rings (SSSR count). The number of hydrogen-bond acceptors (Lipinski definition) is 3. The lowest BCUT2D eigenvalue weighted by atomic mass is 10.1. The molecule has 1 N–H and O–H groups in total. The Bertz CT molecular complexity index is 506. The maximum Gasteiger partial charge on any atom is 0.328 e. The van der Waals surface area contributed by atoms with Gasteiger partial charge in [-0.05, 0) is 25.0 Å². The van der Waals surface area contributed by atoms with Gasteiger partial charge in [0.1, 0.15) is 0 Å². The number of nitriles is 1. The highest BCUT2D eigenvalue weighted by atomic mass is 19.1. The second-order valence-corrected chi connectivity index (χ2v) is 3.79. The molecular formula is C14H14FNO3. The highest BCUT2D eigenvalue weighted by Crippen LogP contribution is 2.24. The lowest BCUT2D eigenvalue weighted by Crippen LogP contribution is -2.01. The van der Waals surface area contributed by atoms with Crippen LogP contribution in [0, 0.1) is 17.1 Å². The third-order valence-corrected chi connectivity index (χ3v) is 2.33. The van der Waals surface area contributed by atoms with Gasteiger partial charge < -0.3 is 9.84 Å². The number of halogens is 1. The fraction of sp³-hybridized carbons (Fsp3) is 0.286. The normalized spacial score (nSPS) is 10.3. The number of para-hydroxylation sites is 1. The predicted molar refractivity (Wildman–Crippen MR) is 68.0 cm³/mol. The molecule has 0 aliphatic heterocycles. The molecule has 0 aliphatic rings. The van der Waals surface area contributed by atoms with Crippen molar-refractivity contribution in [2.24, 2.45) is 0 Å². The first-order valence-electron chi connectivity index (χ1n) is 5.84. The summed E-state index contributed by atoms with van der Waals surface area (Å²) in [4.78, 5) is 10.4. The quantitative estimate of drug-likeness (QED) is 0.606. The van der Waals surface area contributed by atoms with E-state index in [4.69, 9.17) is 15.1 Å². The van der Waals surface area contributed by atoms with Crippen LogP contribution < -0.4 is 4.74 Å². The first-order chi connectivity index (χ1) is 9.15. The van der Waals surface area contributed by atoms with Crippen molar-refractivity contribution in [2.45, 2.75) is 19.3 Å². The van der Waals surface area contributed by atoms with Crippen LogP contribution in [0.2, 0.25) is 0 Å². The summed E-state index contributed by atoms with van der Waals surface area (Å²) in [7, 11) is 0. The Morgan fingerprint density at radius 3 is 2.95 bits per heavy atom. The molecule has 0 spiro atoms. The molecule has 1 aromatic rings. The number of carboxylic acid groups (broad SMARTS) is 1. The first-order valence-corrected chi connectivity index (χ1v) is 5.84. The molecule has 0 unspecified atom stereocenters. The number of carboxylic acids is 1. The summed E-state index contributed by atoms with van der Waals surface area (Å²) >= 11 is 0. The number of hydrogen-bond donors (Lipinski definition) is 1. The molecule has 4 nitrogen and oxygen atoms in total. The molecule has 0 fully saturated rings. The monoisotopic (exact) mass is 263 g/mol. The Hall–Kier alpha value is -2.35. The van der Waals surface area contributed by atoms with Crippen molar-refractivity contribution in [1.29, 1.82) is 5.26 Å². The maximum atomic E-state index is 13.6. The number of rotatable bonds is 7. The topological polar surface area (TPSA) is 70.3 Å². The molecule has 1 aromatic carbocycles. The van der Waals surface area contributed by atoms with Gasteiger partial charge in [-0.25, -0.2) is 9.18 Å². The smallest absolute Gasteiger partial charge is 0.328 e. The van der Waals surface area contributed by atoms with Crippen LogP contribution in [-0.4, -0.2) is 17.7 Å². The third kappa shape index (κ3) is 5.21. The van der Waals surface area contributed by atoms with Gasteiger partial charge in [0.05, 0.1) is 12.7 Å². The Labute approximate surface area is 110 Å². The van der Waals surface area contributed by atoms with Crippen molar-refractivity contribution < 1.29 is 19.0 Å². The number of nitrogens with zero attached hydrogens (tertiary/aromatic N) is 1. The van der Waals surface area contributed by atoms with E-state index in [1.54, 1.807) is 6.07 Å². The fourth-order valence-corrected chi connectivity index (χ4v) is 1.45. The van der Waals surface area contributed by atoms with E-state index < -0.39 is 11.8 Å². The SMILES string of the molecule is N#CCCCCOc1c(F)cccc1/C=C/C(=O)O. The molecule has 0 saturated carbocycles. The van der Waals surface area contributed by atoms with Crippen molar-refractivity contribution in [3.8, 4) is 11.8 Å². The number of ether oxygens (including phenoxy) is 1. The van der Waals surface area contributed by atoms with E-state index in [1.807, 2.05) is 6.07 Å². The van der Waals surface area contributed by atoms with E-state index in [2.05, 4.69) is 0 Å². The lowest BCUT2D eigenvalue weighted by molar-refractivity contribution is -0.131. The number of aliphatic carboxylic acids is 1. The zero-order chi connectivity index (χ0) is 14.1. The van der Waals surface area contributed by atoms with E-state index >= 15 is 0 Å². The highest BCUT2D eigenvalue weighted by molar-refractivity contribution is 5.85. The van der Waals surface area contributed by atoms with Crippen molar-refractivity contribution in [1.82, 2.24) is 0 Å². The Morgan fingerprint density at radius 1 is 1.47 bits per heavy atom. The predicted octanol–water partition coefficient (Wildman–Crippen LogP) is 3.00. The van der Waals surface area contributed by atoms with Crippen molar-refractivity contribution >= 4 is 12.0 Å². The van der Waals surface area contributed by atoms with Crippen LogP contribution in [0.3, 0.4) is 0 Å². The number of benzene rings is 1. The van der Waals surface area contributed by atoms with Crippen molar-refractivity contribution in [3.63, 3.8) is 0 Å². The van der Waals surface area contributed by atoms with Crippen LogP contribution in [0.15, 0.2) is 24.3 Å². The molecule has 0 heterocycles. The van der Waals surface area contributed by atoms with Gasteiger partial charge in [0.15, 0.2) is 11.6 Å². The summed E-state index contributed by atoms with van der Waals surface area (Å²) in [6.45, 7) is 0.288. The molecular weight excluding hydrogens is 249 g/mol. The average Bonchev–Trinajstić information content (AvgIpc) is 2.38. The molecule has 5 heteroatoms. The summed E-state index contributed by atoms with van der Waals surface area (Å²) in [6, 6.07) is 6.33. The van der Waals surface area contributed by atoms with Gasteiger partial charge in [0.25, 0.3) is 0 Å². The Morgan fingerprint density at radius 2 is 2.26 bits per heavy atom. The zero-order valence-electron chi connectivity index (χ0n) is 10.3. The van der Waals surface area contributed by atoms with E-state index in [-0.39, 0.29) is 12.4 Å². The van der Waals surface area contributed by atoms with Crippen molar-refractivity contribution in [3.05, 3.63) is 35.7 Å². The zero-order valence-corrected chi connectivity index (χ0v) is 10.3. The minimum absolute atomic E-state index is 0.0388. The van der Waals surface area contributed by atoms with Gasteiger partial charge in [-0.3, -0.25) is 0 Å². The van der Waals surface area contributed by atoms with Gasteiger partial charge >= 0.3 is 5.97 Å². The lowest BCUT2D eigenvalue weighted by Gasteiger charge is -2.09. The van der Waals surface area contributed by atoms with Crippen LogP contribution in [0.25, 0.3) is 6.08 Å². The third-order valence-electron chi connectivity index (χ3n) is 2.33. The molecule has 0 aliphatic carbocycles. The van der Waals surface area contributed by atoms with Crippen LogP contribution >= 0.6 is 0 Å². The highest BCUT2D eigenvalue weighted by Gasteiger charge is 2.07. The number of carbonyl (C=O) groups is 1. The van der Waals surface area contributed by atoms with Crippen molar-refractivity contribution in [2.75, 3.05) is 6.61 Å². The number of unbranched alkanes of at least 4 members (excludes halogenated alkanes) is 2. The summed E-state index contributed by atoms with van der Waals surface area (Å²) in [5, 5.41) is 16.9. The summed E-state index contributed by atoms with van der Waals surface area (Å²) in [5.74, 6) is -1.60. The van der Waals surface area contributed by atoms with Gasteiger partial charge in [-0.1, -0.05) is 12.1 Å². The summed E-state index contributed by atoms with van der Waals surface area (Å²) in [6.07, 6.45) is 3.98. The Balaban J connectivity index is 2.70. The summed E-state index contributed by atoms with van der Waals surface area (Å²) in [5.41, 5.74) is 0.377. The fourth-order valence-electron chi connectivity index (χ4n) is 1.45. The average molecular weight is 263 g/mol. The Kier molecular flexibility index (Phi) is 6.10. The molecule has 100 valence electrons. The van der Waals surface area contributed by atoms with Gasteiger partial charge in [-0.2, -0.15) is 5.26 Å². The summed E-state index contributed by atoms with van der Waals surface area (Å²) < 4.78 is 18.9. The van der Waals surface area contributed by atoms with E-state index in [9.17, 15) is 9.18 Å². The first kappa shape index (κ1) is 14.7. The van der Waals surface area contributed by atoms with Crippen LogP contribution in [0.4, 0.5) is 4.39 Å². The second-order valence-electron chi connectivity index (χ2n) is 3.79. The van der Waals surface area contributed by atoms with Crippen LogP contribution in [-0.2, 0) is 4.79 Å². The molecule has 19 heavy (non-hydrogen) atoms. The van der Waals surface area contributed by atoms with E-state index in [1.165, 1.54) is 18.2 Å². The molecule has 0 radical (unpaired) electrons. The van der Waals surface area contributed by atoms with E-state index in [0.29, 0.717) is 24.8 Å². The van der Waals surface area contributed by atoms with Gasteiger partial charge in [-0.15, -0.1) is 0 Å². The minimum Gasteiger partial charge on any atom is -0.490 e. The van der Waals surface area contributed by atoms with Crippen LogP contribution in [0.1, 0.15) is 24.8 Å². The van der Waals surface area contributed by atoms with Crippen LogP contribution in [0.5, 0.6) is 5.75 Å².